The highest BCUT2D eigenvalue weighted by molar-refractivity contribution is 5.90. The first-order chi connectivity index (χ1) is 8.34. The normalized spacial score (nSPS) is 15.4. The lowest BCUT2D eigenvalue weighted by Crippen LogP contribution is -2.25. The predicted octanol–water partition coefficient (Wildman–Crippen LogP) is 3.34. The van der Waals surface area contributed by atoms with E-state index in [1.807, 2.05) is 30.3 Å². The molecule has 84 valence electrons. The number of rotatable bonds is 0. The number of nitrogens with zero attached hydrogens (tertiary/aromatic N) is 2. The summed E-state index contributed by atoms with van der Waals surface area (Å²) in [7, 11) is 2.11. The summed E-state index contributed by atoms with van der Waals surface area (Å²) in [5.74, 6) is 1.89. The van der Waals surface area contributed by atoms with Gasteiger partial charge in [0.1, 0.15) is 5.69 Å². The van der Waals surface area contributed by atoms with Gasteiger partial charge in [-0.05, 0) is 24.3 Å². The highest BCUT2D eigenvalue weighted by atomic mass is 16.5. The van der Waals surface area contributed by atoms with Crippen molar-refractivity contribution >= 4 is 17.1 Å². The smallest absolute Gasteiger partial charge is 0.153 e. The molecule has 0 saturated heterocycles. The first-order valence-corrected chi connectivity index (χ1v) is 5.73. The molecule has 0 N–H and O–H groups in total. The first kappa shape index (κ1) is 8.93. The third-order valence-corrected chi connectivity index (χ3v) is 3.39. The Morgan fingerprint density at radius 2 is 1.71 bits per heavy atom. The topological polar surface area (TPSA) is 15.7 Å². The van der Waals surface area contributed by atoms with Gasteiger partial charge in [-0.1, -0.05) is 18.2 Å². The van der Waals surface area contributed by atoms with E-state index < -0.39 is 0 Å². The van der Waals surface area contributed by atoms with Gasteiger partial charge in [-0.2, -0.15) is 0 Å². The van der Waals surface area contributed by atoms with Crippen molar-refractivity contribution < 1.29 is 4.74 Å². The van der Waals surface area contributed by atoms with Gasteiger partial charge in [-0.3, -0.25) is 0 Å². The fraction of sp³-hybridized carbons (Fsp3) is 0.143. The molecule has 0 aromatic heterocycles. The molecule has 2 heterocycles. The molecule has 2 aromatic carbocycles. The van der Waals surface area contributed by atoms with Crippen LogP contribution in [0.5, 0.6) is 11.5 Å². The summed E-state index contributed by atoms with van der Waals surface area (Å²) >= 11 is 0. The maximum absolute atomic E-state index is 5.95. The minimum absolute atomic E-state index is 0.882. The number of fused-ring (bicyclic) bond motifs is 2. The molecule has 0 fully saturated rings. The van der Waals surface area contributed by atoms with Crippen molar-refractivity contribution in [3.05, 3.63) is 42.5 Å². The van der Waals surface area contributed by atoms with Crippen molar-refractivity contribution in [3.8, 4) is 11.5 Å². The van der Waals surface area contributed by atoms with Crippen LogP contribution in [-0.4, -0.2) is 13.7 Å². The molecule has 0 bridgehead atoms. The van der Waals surface area contributed by atoms with Crippen LogP contribution < -0.4 is 14.5 Å². The van der Waals surface area contributed by atoms with E-state index in [-0.39, 0.29) is 0 Å². The van der Waals surface area contributed by atoms with Gasteiger partial charge < -0.3 is 14.5 Å². The van der Waals surface area contributed by atoms with Crippen LogP contribution in [-0.2, 0) is 0 Å². The molecule has 0 spiro atoms. The van der Waals surface area contributed by atoms with Crippen molar-refractivity contribution in [2.75, 3.05) is 23.5 Å². The molecule has 0 atom stereocenters. The van der Waals surface area contributed by atoms with Gasteiger partial charge in [0.25, 0.3) is 0 Å². The van der Waals surface area contributed by atoms with Crippen molar-refractivity contribution in [1.29, 1.82) is 0 Å². The van der Waals surface area contributed by atoms with Gasteiger partial charge in [0.2, 0.25) is 0 Å². The number of anilines is 3. The Hall–Kier alpha value is -2.16. The minimum atomic E-state index is 0.882. The second kappa shape index (κ2) is 2.94. The molecule has 0 unspecified atom stereocenters. The molecule has 0 amide bonds. The van der Waals surface area contributed by atoms with Gasteiger partial charge in [0, 0.05) is 7.05 Å². The lowest BCUT2D eigenvalue weighted by atomic mass is 10.2. The number of ether oxygens (including phenoxy) is 1. The van der Waals surface area contributed by atoms with E-state index in [1.54, 1.807) is 0 Å². The largest absolute Gasteiger partial charge is 0.453 e. The SMILES string of the molecule is CN1CN2c3ccccc3Oc3cccc1c32. The molecule has 2 aromatic rings. The van der Waals surface area contributed by atoms with Crippen molar-refractivity contribution in [3.63, 3.8) is 0 Å². The minimum Gasteiger partial charge on any atom is -0.453 e. The molecule has 0 radical (unpaired) electrons. The lowest BCUT2D eigenvalue weighted by Gasteiger charge is -2.28. The fourth-order valence-electron chi connectivity index (χ4n) is 2.61. The van der Waals surface area contributed by atoms with Crippen LogP contribution in [0.4, 0.5) is 17.1 Å². The van der Waals surface area contributed by atoms with Crippen LogP contribution in [0.1, 0.15) is 0 Å². The molecule has 3 nitrogen and oxygen atoms in total. The van der Waals surface area contributed by atoms with Gasteiger partial charge in [-0.25, -0.2) is 0 Å². The Bertz CT molecular complexity index is 609. The van der Waals surface area contributed by atoms with E-state index in [9.17, 15) is 0 Å². The standard InChI is InChI=1S/C14H12N2O/c1-15-9-16-10-5-2-3-7-12(10)17-13-8-4-6-11(15)14(13)16/h2-8H,9H2,1H3. The summed E-state index contributed by atoms with van der Waals surface area (Å²) in [5.41, 5.74) is 3.57. The van der Waals surface area contributed by atoms with Crippen LogP contribution in [0.3, 0.4) is 0 Å². The van der Waals surface area contributed by atoms with Crippen LogP contribution in [0, 0.1) is 0 Å². The van der Waals surface area contributed by atoms with E-state index in [1.165, 1.54) is 11.4 Å². The summed E-state index contributed by atoms with van der Waals surface area (Å²) in [6.45, 7) is 0.882. The van der Waals surface area contributed by atoms with E-state index in [0.717, 1.165) is 23.9 Å². The monoisotopic (exact) mass is 224 g/mol. The molecule has 3 heteroatoms. The first-order valence-electron chi connectivity index (χ1n) is 5.73. The van der Waals surface area contributed by atoms with E-state index in [0.29, 0.717) is 0 Å². The van der Waals surface area contributed by atoms with Gasteiger partial charge in [0.05, 0.1) is 18.0 Å². The third kappa shape index (κ3) is 1.06. The summed E-state index contributed by atoms with van der Waals surface area (Å²) in [6.07, 6.45) is 0. The Balaban J connectivity index is 2.00. The number of hydrogen-bond acceptors (Lipinski definition) is 3. The zero-order valence-electron chi connectivity index (χ0n) is 9.55. The average molecular weight is 224 g/mol. The lowest BCUT2D eigenvalue weighted by molar-refractivity contribution is 0.476. The van der Waals surface area contributed by atoms with Crippen molar-refractivity contribution in [1.82, 2.24) is 0 Å². The molecule has 2 aliphatic heterocycles. The maximum atomic E-state index is 5.95. The van der Waals surface area contributed by atoms with E-state index >= 15 is 0 Å². The highest BCUT2D eigenvalue weighted by Gasteiger charge is 2.33. The second-order valence-corrected chi connectivity index (χ2v) is 4.46. The molecule has 0 aliphatic carbocycles. The van der Waals surface area contributed by atoms with Crippen LogP contribution in [0.2, 0.25) is 0 Å². The van der Waals surface area contributed by atoms with Crippen molar-refractivity contribution in [2.24, 2.45) is 0 Å². The summed E-state index contributed by atoms with van der Waals surface area (Å²) in [4.78, 5) is 4.55. The van der Waals surface area contributed by atoms with Crippen LogP contribution >= 0.6 is 0 Å². The number of hydrogen-bond donors (Lipinski definition) is 0. The zero-order chi connectivity index (χ0) is 11.4. The summed E-state index contributed by atoms with van der Waals surface area (Å²) in [6, 6.07) is 14.4. The van der Waals surface area contributed by atoms with E-state index in [4.69, 9.17) is 4.74 Å². The zero-order valence-corrected chi connectivity index (χ0v) is 9.55. The molecular weight excluding hydrogens is 212 g/mol. The average Bonchev–Trinajstić information content (AvgIpc) is 2.70. The van der Waals surface area contributed by atoms with Crippen molar-refractivity contribution in [2.45, 2.75) is 0 Å². The second-order valence-electron chi connectivity index (χ2n) is 4.46. The Morgan fingerprint density at radius 1 is 0.941 bits per heavy atom. The quantitative estimate of drug-likeness (QED) is 0.682. The molecule has 2 aliphatic rings. The van der Waals surface area contributed by atoms with Gasteiger partial charge in [0.15, 0.2) is 11.5 Å². The molecule has 17 heavy (non-hydrogen) atoms. The van der Waals surface area contributed by atoms with Crippen LogP contribution in [0.15, 0.2) is 42.5 Å². The Kier molecular flexibility index (Phi) is 1.55. The summed E-state index contributed by atoms with van der Waals surface area (Å²) < 4.78 is 5.95. The third-order valence-electron chi connectivity index (χ3n) is 3.39. The predicted molar refractivity (Wildman–Crippen MR) is 68.4 cm³/mol. The summed E-state index contributed by atoms with van der Waals surface area (Å²) in [5, 5.41) is 0. The Morgan fingerprint density at radius 3 is 2.65 bits per heavy atom. The maximum Gasteiger partial charge on any atom is 0.153 e. The van der Waals surface area contributed by atoms with Gasteiger partial charge >= 0.3 is 0 Å². The number of benzene rings is 2. The highest BCUT2D eigenvalue weighted by Crippen LogP contribution is 2.53. The fourth-order valence-corrected chi connectivity index (χ4v) is 2.61. The molecule has 4 rings (SSSR count). The van der Waals surface area contributed by atoms with Crippen LogP contribution in [0.25, 0.3) is 0 Å². The number of para-hydroxylation sites is 3. The van der Waals surface area contributed by atoms with Gasteiger partial charge in [-0.15, -0.1) is 0 Å². The Labute approximate surface area is 99.8 Å². The van der Waals surface area contributed by atoms with E-state index in [2.05, 4.69) is 29.0 Å². The molecule has 0 saturated carbocycles. The molecular formula is C14H12N2O.